The monoisotopic (exact) mass is 385 g/mol. The van der Waals surface area contributed by atoms with Gasteiger partial charge in [0.15, 0.2) is 6.10 Å². The van der Waals surface area contributed by atoms with Crippen LogP contribution in [0.1, 0.15) is 6.92 Å². The first-order chi connectivity index (χ1) is 12.5. The second-order valence-corrected chi connectivity index (χ2v) is 6.61. The highest BCUT2D eigenvalue weighted by Gasteiger charge is 2.16. The largest absolute Gasteiger partial charge is 0.479 e. The van der Waals surface area contributed by atoms with Gasteiger partial charge in [0.1, 0.15) is 5.75 Å². The summed E-state index contributed by atoms with van der Waals surface area (Å²) in [6.45, 7) is 1.67. The van der Waals surface area contributed by atoms with Gasteiger partial charge < -0.3 is 10.1 Å². The van der Waals surface area contributed by atoms with Crippen LogP contribution in [0, 0.1) is 0 Å². The number of carbonyl (C=O) groups excluding carboxylic acids is 1. The van der Waals surface area contributed by atoms with Crippen molar-refractivity contribution in [2.24, 2.45) is 0 Å². The van der Waals surface area contributed by atoms with E-state index in [0.29, 0.717) is 21.5 Å². The number of carbonyl (C=O) groups is 1. The summed E-state index contributed by atoms with van der Waals surface area (Å²) in [6, 6.07) is 22.3. The van der Waals surface area contributed by atoms with E-state index >= 15 is 0 Å². The first-order valence-electron chi connectivity index (χ1n) is 8.11. The molecule has 0 aliphatic heterocycles. The van der Waals surface area contributed by atoms with Crippen molar-refractivity contribution in [1.82, 2.24) is 0 Å². The molecule has 0 bridgehead atoms. The SMILES string of the molecule is C[C@@H](Oc1ccc(-c2ccccc2)cc1Cl)C(=O)Nc1ccc(Cl)cc1. The molecule has 1 atom stereocenters. The Hall–Kier alpha value is -2.49. The molecule has 0 unspecified atom stereocenters. The van der Waals surface area contributed by atoms with E-state index in [1.54, 1.807) is 37.3 Å². The van der Waals surface area contributed by atoms with Crippen molar-refractivity contribution >= 4 is 34.8 Å². The number of hydrogen-bond acceptors (Lipinski definition) is 2. The Bertz CT molecular complexity index is 896. The average molecular weight is 386 g/mol. The van der Waals surface area contributed by atoms with Gasteiger partial charge in [-0.2, -0.15) is 0 Å². The lowest BCUT2D eigenvalue weighted by atomic mass is 10.1. The van der Waals surface area contributed by atoms with E-state index in [-0.39, 0.29) is 5.91 Å². The lowest BCUT2D eigenvalue weighted by Gasteiger charge is -2.16. The zero-order chi connectivity index (χ0) is 18.5. The van der Waals surface area contributed by atoms with Gasteiger partial charge >= 0.3 is 0 Å². The molecule has 3 rings (SSSR count). The maximum atomic E-state index is 12.3. The second-order valence-electron chi connectivity index (χ2n) is 5.77. The van der Waals surface area contributed by atoms with Crippen molar-refractivity contribution in [2.75, 3.05) is 5.32 Å². The Morgan fingerprint density at radius 1 is 0.923 bits per heavy atom. The molecule has 3 nitrogen and oxygen atoms in total. The molecule has 1 N–H and O–H groups in total. The van der Waals surface area contributed by atoms with Crippen molar-refractivity contribution in [3.63, 3.8) is 0 Å². The van der Waals surface area contributed by atoms with E-state index in [2.05, 4.69) is 5.32 Å². The highest BCUT2D eigenvalue weighted by molar-refractivity contribution is 6.32. The van der Waals surface area contributed by atoms with Crippen LogP contribution in [-0.2, 0) is 4.79 Å². The molecule has 0 heterocycles. The van der Waals surface area contributed by atoms with Gasteiger partial charge in [-0.15, -0.1) is 0 Å². The van der Waals surface area contributed by atoms with E-state index in [4.69, 9.17) is 27.9 Å². The molecule has 3 aromatic carbocycles. The molecule has 0 saturated carbocycles. The van der Waals surface area contributed by atoms with Gasteiger partial charge in [-0.05, 0) is 54.4 Å². The zero-order valence-corrected chi connectivity index (χ0v) is 15.6. The fraction of sp³-hybridized carbons (Fsp3) is 0.0952. The quantitative estimate of drug-likeness (QED) is 0.578. The summed E-state index contributed by atoms with van der Waals surface area (Å²) < 4.78 is 5.72. The molecule has 1 amide bonds. The Morgan fingerprint density at radius 2 is 1.62 bits per heavy atom. The average Bonchev–Trinajstić information content (AvgIpc) is 2.66. The van der Waals surface area contributed by atoms with Crippen LogP contribution < -0.4 is 10.1 Å². The Morgan fingerprint density at radius 3 is 2.27 bits per heavy atom. The lowest BCUT2D eigenvalue weighted by molar-refractivity contribution is -0.122. The van der Waals surface area contributed by atoms with Gasteiger partial charge in [0.2, 0.25) is 0 Å². The molecular weight excluding hydrogens is 369 g/mol. The molecule has 3 aromatic rings. The molecule has 0 saturated heterocycles. The van der Waals surface area contributed by atoms with Gasteiger partial charge in [-0.1, -0.05) is 59.6 Å². The molecule has 0 spiro atoms. The van der Waals surface area contributed by atoms with E-state index in [1.165, 1.54) is 0 Å². The molecular formula is C21H17Cl2NO2. The van der Waals surface area contributed by atoms with Gasteiger partial charge in [0.05, 0.1) is 5.02 Å². The van der Waals surface area contributed by atoms with Crippen LogP contribution in [0.2, 0.25) is 10.0 Å². The molecule has 26 heavy (non-hydrogen) atoms. The Kier molecular flexibility index (Phi) is 5.82. The van der Waals surface area contributed by atoms with Crippen LogP contribution in [0.5, 0.6) is 5.75 Å². The van der Waals surface area contributed by atoms with Crippen molar-refractivity contribution < 1.29 is 9.53 Å². The molecule has 0 aliphatic carbocycles. The maximum Gasteiger partial charge on any atom is 0.265 e. The lowest BCUT2D eigenvalue weighted by Crippen LogP contribution is -2.30. The summed E-state index contributed by atoms with van der Waals surface area (Å²) >= 11 is 12.2. The van der Waals surface area contributed by atoms with Gasteiger partial charge in [0, 0.05) is 10.7 Å². The van der Waals surface area contributed by atoms with Crippen molar-refractivity contribution in [2.45, 2.75) is 13.0 Å². The summed E-state index contributed by atoms with van der Waals surface area (Å²) in [5.41, 5.74) is 2.70. The zero-order valence-electron chi connectivity index (χ0n) is 14.1. The van der Waals surface area contributed by atoms with Crippen LogP contribution in [0.4, 0.5) is 5.69 Å². The normalized spacial score (nSPS) is 11.7. The molecule has 0 aliphatic rings. The fourth-order valence-corrected chi connectivity index (χ4v) is 2.78. The third-order valence-corrected chi connectivity index (χ3v) is 4.37. The highest BCUT2D eigenvalue weighted by atomic mass is 35.5. The number of ether oxygens (including phenoxy) is 1. The predicted octanol–water partition coefficient (Wildman–Crippen LogP) is 6.07. The van der Waals surface area contributed by atoms with Crippen LogP contribution in [0.25, 0.3) is 11.1 Å². The van der Waals surface area contributed by atoms with E-state index < -0.39 is 6.10 Å². The first kappa shape index (κ1) is 18.3. The summed E-state index contributed by atoms with van der Waals surface area (Å²) in [5.74, 6) is 0.195. The van der Waals surface area contributed by atoms with Crippen LogP contribution in [-0.4, -0.2) is 12.0 Å². The summed E-state index contributed by atoms with van der Waals surface area (Å²) in [7, 11) is 0. The predicted molar refractivity (Wildman–Crippen MR) is 107 cm³/mol. The van der Waals surface area contributed by atoms with Crippen LogP contribution >= 0.6 is 23.2 Å². The van der Waals surface area contributed by atoms with Gasteiger partial charge in [-0.3, -0.25) is 4.79 Å². The molecule has 132 valence electrons. The maximum absolute atomic E-state index is 12.3. The van der Waals surface area contributed by atoms with E-state index in [0.717, 1.165) is 11.1 Å². The number of nitrogens with one attached hydrogen (secondary N) is 1. The molecule has 0 radical (unpaired) electrons. The number of benzene rings is 3. The minimum absolute atomic E-state index is 0.268. The first-order valence-corrected chi connectivity index (χ1v) is 8.86. The smallest absolute Gasteiger partial charge is 0.265 e. The van der Waals surface area contributed by atoms with Crippen LogP contribution in [0.15, 0.2) is 72.8 Å². The Labute approximate surface area is 162 Å². The van der Waals surface area contributed by atoms with Gasteiger partial charge in [-0.25, -0.2) is 0 Å². The summed E-state index contributed by atoms with van der Waals surface area (Å²) in [5, 5.41) is 3.85. The van der Waals surface area contributed by atoms with Crippen molar-refractivity contribution in [1.29, 1.82) is 0 Å². The minimum Gasteiger partial charge on any atom is -0.479 e. The molecule has 0 aromatic heterocycles. The van der Waals surface area contributed by atoms with Crippen molar-refractivity contribution in [3.05, 3.63) is 82.8 Å². The summed E-state index contributed by atoms with van der Waals surface area (Å²) in [4.78, 5) is 12.3. The number of rotatable bonds is 5. The number of hydrogen-bond donors (Lipinski definition) is 1. The van der Waals surface area contributed by atoms with E-state index in [9.17, 15) is 4.79 Å². The second kappa shape index (κ2) is 8.26. The Balaban J connectivity index is 1.68. The van der Waals surface area contributed by atoms with Crippen LogP contribution in [0.3, 0.4) is 0 Å². The molecule has 0 fully saturated rings. The van der Waals surface area contributed by atoms with Gasteiger partial charge in [0.25, 0.3) is 5.91 Å². The number of halogens is 2. The number of amides is 1. The third-order valence-electron chi connectivity index (χ3n) is 3.82. The highest BCUT2D eigenvalue weighted by Crippen LogP contribution is 2.31. The minimum atomic E-state index is -0.703. The topological polar surface area (TPSA) is 38.3 Å². The molecule has 5 heteroatoms. The van der Waals surface area contributed by atoms with Crippen molar-refractivity contribution in [3.8, 4) is 16.9 Å². The summed E-state index contributed by atoms with van der Waals surface area (Å²) in [6.07, 6.45) is -0.703. The van der Waals surface area contributed by atoms with E-state index in [1.807, 2.05) is 42.5 Å². The number of anilines is 1. The fourth-order valence-electron chi connectivity index (χ4n) is 2.43. The third kappa shape index (κ3) is 4.57. The standard InChI is InChI=1S/C21H17Cl2NO2/c1-14(21(25)24-18-10-8-17(22)9-11-18)26-20-12-7-16(13-19(20)23)15-5-3-2-4-6-15/h2-14H,1H3,(H,24,25)/t14-/m1/s1.